The standard InChI is InChI=1S/C24H27NO3/c26-24(20-11-5-2-6-12-20)28-23(19-9-3-1-4-10-19)21-13-7-8-14-22(21)25-15-17-27-18-16-25/h1-6,9-12,22H,7-8,13-18H2/b23-21-. The van der Waals surface area contributed by atoms with Gasteiger partial charge in [0.05, 0.1) is 18.8 Å². The molecule has 1 aliphatic carbocycles. The van der Waals surface area contributed by atoms with Crippen LogP contribution in [0.25, 0.3) is 5.76 Å². The van der Waals surface area contributed by atoms with Crippen LogP contribution in [-0.2, 0) is 9.47 Å². The summed E-state index contributed by atoms with van der Waals surface area (Å²) in [6.07, 6.45) is 4.42. The number of ether oxygens (including phenoxy) is 2. The predicted octanol–water partition coefficient (Wildman–Crippen LogP) is 4.53. The topological polar surface area (TPSA) is 38.8 Å². The van der Waals surface area contributed by atoms with E-state index in [-0.39, 0.29) is 5.97 Å². The summed E-state index contributed by atoms with van der Waals surface area (Å²) in [5, 5.41) is 0. The predicted molar refractivity (Wildman–Crippen MR) is 110 cm³/mol. The third-order valence-corrected chi connectivity index (χ3v) is 5.59. The molecule has 2 aromatic rings. The van der Waals surface area contributed by atoms with Gasteiger partial charge < -0.3 is 9.47 Å². The van der Waals surface area contributed by atoms with Gasteiger partial charge in [-0.05, 0) is 37.0 Å². The molecule has 4 nitrogen and oxygen atoms in total. The van der Waals surface area contributed by atoms with Crippen molar-refractivity contribution in [3.8, 4) is 0 Å². The van der Waals surface area contributed by atoms with Gasteiger partial charge in [-0.25, -0.2) is 4.79 Å². The van der Waals surface area contributed by atoms with Crippen molar-refractivity contribution in [1.82, 2.24) is 4.90 Å². The summed E-state index contributed by atoms with van der Waals surface area (Å²) >= 11 is 0. The van der Waals surface area contributed by atoms with Crippen molar-refractivity contribution >= 4 is 11.7 Å². The molecular formula is C24H27NO3. The second kappa shape index (κ2) is 9.18. The molecule has 0 bridgehead atoms. The fourth-order valence-corrected chi connectivity index (χ4v) is 4.18. The van der Waals surface area contributed by atoms with Gasteiger partial charge >= 0.3 is 5.97 Å². The Morgan fingerprint density at radius 1 is 0.893 bits per heavy atom. The first-order valence-corrected chi connectivity index (χ1v) is 10.2. The zero-order chi connectivity index (χ0) is 19.2. The van der Waals surface area contributed by atoms with Crippen LogP contribution in [0.5, 0.6) is 0 Å². The molecule has 0 spiro atoms. The Bertz CT molecular complexity index is 810. The van der Waals surface area contributed by atoms with Crippen LogP contribution in [0.15, 0.2) is 66.2 Å². The van der Waals surface area contributed by atoms with Crippen molar-refractivity contribution in [2.75, 3.05) is 26.3 Å². The molecule has 1 atom stereocenters. The highest BCUT2D eigenvalue weighted by Gasteiger charge is 2.30. The van der Waals surface area contributed by atoms with E-state index in [1.165, 1.54) is 12.0 Å². The van der Waals surface area contributed by atoms with Crippen LogP contribution in [0.3, 0.4) is 0 Å². The lowest BCUT2D eigenvalue weighted by Gasteiger charge is -2.39. The maximum atomic E-state index is 12.9. The number of benzene rings is 2. The lowest BCUT2D eigenvalue weighted by Crippen LogP contribution is -2.45. The zero-order valence-corrected chi connectivity index (χ0v) is 16.2. The average Bonchev–Trinajstić information content (AvgIpc) is 2.79. The molecule has 146 valence electrons. The normalized spacial score (nSPS) is 22.5. The first kappa shape index (κ1) is 18.9. The van der Waals surface area contributed by atoms with Gasteiger partial charge in [0.15, 0.2) is 0 Å². The lowest BCUT2D eigenvalue weighted by atomic mass is 9.86. The Hall–Kier alpha value is -2.43. The Morgan fingerprint density at radius 2 is 1.54 bits per heavy atom. The van der Waals surface area contributed by atoms with Gasteiger partial charge in [0.25, 0.3) is 0 Å². The quantitative estimate of drug-likeness (QED) is 0.580. The molecule has 0 N–H and O–H groups in total. The van der Waals surface area contributed by atoms with E-state index in [2.05, 4.69) is 4.90 Å². The third-order valence-electron chi connectivity index (χ3n) is 5.59. The van der Waals surface area contributed by atoms with E-state index in [0.717, 1.165) is 56.9 Å². The molecular weight excluding hydrogens is 350 g/mol. The van der Waals surface area contributed by atoms with Gasteiger partial charge in [-0.2, -0.15) is 0 Å². The molecule has 2 fully saturated rings. The Morgan fingerprint density at radius 3 is 2.21 bits per heavy atom. The highest BCUT2D eigenvalue weighted by Crippen LogP contribution is 2.35. The summed E-state index contributed by atoms with van der Waals surface area (Å²) in [6, 6.07) is 19.6. The second-order valence-corrected chi connectivity index (χ2v) is 7.39. The van der Waals surface area contributed by atoms with E-state index in [1.807, 2.05) is 48.5 Å². The number of morpholine rings is 1. The molecule has 1 aliphatic heterocycles. The van der Waals surface area contributed by atoms with Gasteiger partial charge in [0.2, 0.25) is 0 Å². The maximum Gasteiger partial charge on any atom is 0.343 e. The number of esters is 1. The number of hydrogen-bond donors (Lipinski definition) is 0. The van der Waals surface area contributed by atoms with Crippen LogP contribution in [0.2, 0.25) is 0 Å². The first-order valence-electron chi connectivity index (χ1n) is 10.2. The van der Waals surface area contributed by atoms with E-state index in [9.17, 15) is 4.79 Å². The van der Waals surface area contributed by atoms with Gasteiger partial charge in [0, 0.05) is 24.7 Å². The largest absolute Gasteiger partial charge is 0.422 e. The smallest absolute Gasteiger partial charge is 0.343 e. The molecule has 28 heavy (non-hydrogen) atoms. The number of carbonyl (C=O) groups excluding carboxylic acids is 1. The molecule has 1 unspecified atom stereocenters. The van der Waals surface area contributed by atoms with Crippen LogP contribution in [0.1, 0.15) is 41.6 Å². The van der Waals surface area contributed by atoms with E-state index >= 15 is 0 Å². The van der Waals surface area contributed by atoms with Gasteiger partial charge in [-0.1, -0.05) is 55.0 Å². The highest BCUT2D eigenvalue weighted by atomic mass is 16.5. The van der Waals surface area contributed by atoms with Crippen LogP contribution in [-0.4, -0.2) is 43.2 Å². The second-order valence-electron chi connectivity index (χ2n) is 7.39. The lowest BCUT2D eigenvalue weighted by molar-refractivity contribution is 0.0186. The summed E-state index contributed by atoms with van der Waals surface area (Å²) in [5.41, 5.74) is 2.81. The molecule has 2 aliphatic rings. The van der Waals surface area contributed by atoms with E-state index in [0.29, 0.717) is 11.6 Å². The minimum absolute atomic E-state index is 0.293. The number of nitrogens with zero attached hydrogens (tertiary/aromatic N) is 1. The molecule has 1 saturated heterocycles. The summed E-state index contributed by atoms with van der Waals surface area (Å²) in [5.74, 6) is 0.448. The van der Waals surface area contributed by atoms with Crippen molar-refractivity contribution in [2.24, 2.45) is 0 Å². The number of hydrogen-bond acceptors (Lipinski definition) is 4. The van der Waals surface area contributed by atoms with Gasteiger partial charge in [-0.15, -0.1) is 0 Å². The molecule has 4 heteroatoms. The van der Waals surface area contributed by atoms with Crippen LogP contribution >= 0.6 is 0 Å². The first-order chi connectivity index (χ1) is 13.8. The van der Waals surface area contributed by atoms with Crippen LogP contribution < -0.4 is 0 Å². The van der Waals surface area contributed by atoms with E-state index < -0.39 is 0 Å². The molecule has 4 rings (SSSR count). The van der Waals surface area contributed by atoms with Crippen molar-refractivity contribution in [2.45, 2.75) is 31.7 Å². The summed E-state index contributed by atoms with van der Waals surface area (Å²) < 4.78 is 11.6. The molecule has 0 amide bonds. The van der Waals surface area contributed by atoms with E-state index in [4.69, 9.17) is 9.47 Å². The van der Waals surface area contributed by atoms with Crippen LogP contribution in [0.4, 0.5) is 0 Å². The Balaban J connectivity index is 1.71. The van der Waals surface area contributed by atoms with Crippen molar-refractivity contribution in [3.05, 3.63) is 77.4 Å². The molecule has 1 saturated carbocycles. The Kier molecular flexibility index (Phi) is 6.20. The number of rotatable bonds is 4. The summed E-state index contributed by atoms with van der Waals surface area (Å²) in [6.45, 7) is 3.41. The monoisotopic (exact) mass is 377 g/mol. The molecule has 0 aromatic heterocycles. The molecule has 1 heterocycles. The fourth-order valence-electron chi connectivity index (χ4n) is 4.18. The number of carbonyl (C=O) groups is 1. The third kappa shape index (κ3) is 4.34. The van der Waals surface area contributed by atoms with Crippen molar-refractivity contribution in [3.63, 3.8) is 0 Å². The maximum absolute atomic E-state index is 12.9. The van der Waals surface area contributed by atoms with Gasteiger partial charge in [-0.3, -0.25) is 4.90 Å². The van der Waals surface area contributed by atoms with Gasteiger partial charge in [0.1, 0.15) is 5.76 Å². The summed E-state index contributed by atoms with van der Waals surface area (Å²) in [4.78, 5) is 15.4. The Labute approximate surface area is 166 Å². The highest BCUT2D eigenvalue weighted by molar-refractivity contribution is 5.93. The zero-order valence-electron chi connectivity index (χ0n) is 16.2. The van der Waals surface area contributed by atoms with E-state index in [1.54, 1.807) is 12.1 Å². The fraction of sp³-hybridized carbons (Fsp3) is 0.375. The van der Waals surface area contributed by atoms with Crippen LogP contribution in [0, 0.1) is 0 Å². The molecule has 2 aromatic carbocycles. The minimum Gasteiger partial charge on any atom is -0.422 e. The van der Waals surface area contributed by atoms with Crippen molar-refractivity contribution < 1.29 is 14.3 Å². The van der Waals surface area contributed by atoms with Crippen molar-refractivity contribution in [1.29, 1.82) is 0 Å². The summed E-state index contributed by atoms with van der Waals surface area (Å²) in [7, 11) is 0. The minimum atomic E-state index is -0.293. The SMILES string of the molecule is O=C(O/C(=C1/CCCCC1N1CCOCC1)c1ccccc1)c1ccccc1. The molecule has 0 radical (unpaired) electrons. The average molecular weight is 377 g/mol.